The molecule has 7 aliphatic rings. The summed E-state index contributed by atoms with van der Waals surface area (Å²) < 4.78 is 61.6. The Balaban J connectivity index is 1.13. The van der Waals surface area contributed by atoms with Gasteiger partial charge in [-0.3, -0.25) is 9.35 Å². The van der Waals surface area contributed by atoms with Crippen LogP contribution in [0.2, 0.25) is 0 Å². The summed E-state index contributed by atoms with van der Waals surface area (Å²) in [4.78, 5) is 14.8. The van der Waals surface area contributed by atoms with Crippen LogP contribution in [0.5, 0.6) is 0 Å². The Morgan fingerprint density at radius 2 is 1.38 bits per heavy atom. The molecule has 18 heteroatoms. The highest BCUT2D eigenvalue weighted by atomic mass is 32.3. The standard InChI is InChI=1S/C42H68O17S/c1-37(2)13-15-42(36(51)58-35-33(50)31(48)29(46)24(57-35)19-55-34-32(49)30(47)28(45)23(18-43)56-34)16-14-40(5)21(22(42)17-37)7-8-26-38(3)11-10-27(59-60(52,53)54)39(4,20-44)25(38)9-12-41(26,40)6/h7,22-35,43-50H,8-20H2,1-6H3,(H,52,53,54)/t22-,23+,24+,25+,26+,27-,28+,29+,30-,31-,32+,33+,34+,35-,38-,39-,40+,41+,42-/m0/s1. The lowest BCUT2D eigenvalue weighted by Gasteiger charge is -2.71. The SMILES string of the molecule is CC1(C)CC[C@]2(C(=O)O[C@@H]3O[C@H](CO[C@@H]4O[C@H](CO)[C@@H](O)[C@H](O)[C@H]4O)[C@@H](O)[C@H](O)[C@H]3O)CC[C@]3(C)C(=CC[C@@H]4[C@@]5(C)CC[C@H](OS(=O)(=O)O)[C@@](C)(CO)[C@@H]5CC[C@]43C)[C@@H]2C1. The molecule has 2 heterocycles. The number of allylic oxidation sites excluding steroid dienone is 2. The summed E-state index contributed by atoms with van der Waals surface area (Å²) in [6.07, 6.45) is -8.52. The lowest BCUT2D eigenvalue weighted by molar-refractivity contribution is -0.328. The molecule has 0 amide bonds. The quantitative estimate of drug-likeness (QED) is 0.0892. The van der Waals surface area contributed by atoms with Crippen LogP contribution in [0.3, 0.4) is 0 Å². The molecule has 6 fully saturated rings. The maximum atomic E-state index is 14.8. The van der Waals surface area contributed by atoms with Crippen molar-refractivity contribution >= 4 is 16.4 Å². The summed E-state index contributed by atoms with van der Waals surface area (Å²) in [7, 11) is -4.74. The van der Waals surface area contributed by atoms with Crippen molar-refractivity contribution in [2.75, 3.05) is 19.8 Å². The van der Waals surface area contributed by atoms with Gasteiger partial charge in [-0.25, -0.2) is 4.18 Å². The van der Waals surface area contributed by atoms with Crippen LogP contribution in [-0.4, -0.2) is 147 Å². The lowest BCUT2D eigenvalue weighted by atomic mass is 9.33. The molecule has 0 unspecified atom stereocenters. The van der Waals surface area contributed by atoms with Crippen LogP contribution in [0.25, 0.3) is 0 Å². The van der Waals surface area contributed by atoms with Crippen molar-refractivity contribution in [3.63, 3.8) is 0 Å². The van der Waals surface area contributed by atoms with Crippen molar-refractivity contribution in [3.8, 4) is 0 Å². The van der Waals surface area contributed by atoms with Gasteiger partial charge in [-0.05, 0) is 104 Å². The van der Waals surface area contributed by atoms with E-state index in [-0.39, 0.29) is 46.0 Å². The first-order valence-electron chi connectivity index (χ1n) is 21.6. The number of hydrogen-bond acceptors (Lipinski definition) is 16. The Morgan fingerprint density at radius 1 is 0.767 bits per heavy atom. The van der Waals surface area contributed by atoms with Gasteiger partial charge in [0.15, 0.2) is 6.29 Å². The van der Waals surface area contributed by atoms with Gasteiger partial charge in [-0.2, -0.15) is 8.42 Å². The van der Waals surface area contributed by atoms with E-state index in [1.54, 1.807) is 0 Å². The molecule has 5 aliphatic carbocycles. The lowest BCUT2D eigenvalue weighted by Crippen LogP contribution is -2.66. The molecule has 0 aromatic heterocycles. The zero-order valence-corrected chi connectivity index (χ0v) is 36.4. The van der Waals surface area contributed by atoms with Gasteiger partial charge in [0.1, 0.15) is 48.8 Å². The molecular formula is C42H68O17S. The highest BCUT2D eigenvalue weighted by Crippen LogP contribution is 2.76. The van der Waals surface area contributed by atoms with Gasteiger partial charge in [0, 0.05) is 5.41 Å². The van der Waals surface area contributed by atoms with Gasteiger partial charge in [-0.15, -0.1) is 0 Å². The Kier molecular flexibility index (Phi) is 12.4. The first-order chi connectivity index (χ1) is 27.8. The van der Waals surface area contributed by atoms with E-state index in [2.05, 4.69) is 40.7 Å². The Hall–Kier alpha value is -1.36. The van der Waals surface area contributed by atoms with Gasteiger partial charge in [0.2, 0.25) is 6.29 Å². The van der Waals surface area contributed by atoms with Gasteiger partial charge in [-0.1, -0.05) is 53.2 Å². The summed E-state index contributed by atoms with van der Waals surface area (Å²) in [5.41, 5.74) is -1.67. The van der Waals surface area contributed by atoms with E-state index in [1.165, 1.54) is 5.57 Å². The minimum atomic E-state index is -4.74. The number of aliphatic hydroxyl groups excluding tert-OH is 8. The van der Waals surface area contributed by atoms with Crippen LogP contribution in [0.15, 0.2) is 11.6 Å². The molecule has 9 N–H and O–H groups in total. The second-order valence-corrected chi connectivity index (χ2v) is 22.1. The molecule has 0 spiro atoms. The van der Waals surface area contributed by atoms with E-state index < -0.39 is 108 Å². The highest BCUT2D eigenvalue weighted by molar-refractivity contribution is 7.80. The summed E-state index contributed by atoms with van der Waals surface area (Å²) >= 11 is 0. The van der Waals surface area contributed by atoms with E-state index in [4.69, 9.17) is 23.1 Å². The average Bonchev–Trinajstić information content (AvgIpc) is 3.18. The van der Waals surface area contributed by atoms with Crippen molar-refractivity contribution in [1.82, 2.24) is 0 Å². The van der Waals surface area contributed by atoms with E-state index in [1.807, 2.05) is 6.92 Å². The van der Waals surface area contributed by atoms with Crippen LogP contribution in [0, 0.1) is 50.2 Å². The van der Waals surface area contributed by atoms with Gasteiger partial charge >= 0.3 is 16.4 Å². The van der Waals surface area contributed by atoms with Gasteiger partial charge in [0.25, 0.3) is 0 Å². The third kappa shape index (κ3) is 7.33. The number of hydrogen-bond donors (Lipinski definition) is 9. The number of carbonyl (C=O) groups excluding carboxylic acids is 1. The molecule has 0 radical (unpaired) electrons. The molecular weight excluding hydrogens is 809 g/mol. The maximum absolute atomic E-state index is 14.8. The normalized spacial score (nSPS) is 51.5. The zero-order valence-electron chi connectivity index (χ0n) is 35.6. The molecule has 60 heavy (non-hydrogen) atoms. The monoisotopic (exact) mass is 876 g/mol. The number of esters is 1. The number of ether oxygens (including phenoxy) is 4. The maximum Gasteiger partial charge on any atom is 0.397 e. The van der Waals surface area contributed by atoms with E-state index in [0.29, 0.717) is 51.4 Å². The Bertz CT molecular complexity index is 1760. The first kappa shape index (κ1) is 46.6. The van der Waals surface area contributed by atoms with Crippen LogP contribution in [0.4, 0.5) is 0 Å². The van der Waals surface area contributed by atoms with Gasteiger partial charge in [0.05, 0.1) is 31.3 Å². The molecule has 344 valence electrons. The number of aliphatic hydroxyl groups is 8. The summed E-state index contributed by atoms with van der Waals surface area (Å²) in [6.45, 7) is 11.7. The van der Waals surface area contributed by atoms with Gasteiger partial charge < -0.3 is 59.8 Å². The molecule has 2 saturated heterocycles. The molecule has 2 aliphatic heterocycles. The molecule has 19 atom stereocenters. The average molecular weight is 877 g/mol. The highest BCUT2D eigenvalue weighted by Gasteiger charge is 2.70. The number of fused-ring (bicyclic) bond motifs is 7. The summed E-state index contributed by atoms with van der Waals surface area (Å²) in [6, 6.07) is 0. The molecule has 7 rings (SSSR count). The van der Waals surface area contributed by atoms with Crippen LogP contribution >= 0.6 is 0 Å². The summed E-state index contributed by atoms with van der Waals surface area (Å²) in [5, 5.41) is 84.0. The van der Waals surface area contributed by atoms with E-state index in [9.17, 15) is 58.6 Å². The third-order valence-electron chi connectivity index (χ3n) is 17.5. The fourth-order valence-corrected chi connectivity index (χ4v) is 14.3. The Morgan fingerprint density at radius 3 is 2.02 bits per heavy atom. The smallest absolute Gasteiger partial charge is 0.397 e. The minimum absolute atomic E-state index is 0.0828. The first-order valence-corrected chi connectivity index (χ1v) is 23.0. The van der Waals surface area contributed by atoms with Crippen LogP contribution in [-0.2, 0) is 38.3 Å². The molecule has 0 bridgehead atoms. The molecule has 4 saturated carbocycles. The van der Waals surface area contributed by atoms with Crippen molar-refractivity contribution in [2.45, 2.75) is 173 Å². The van der Waals surface area contributed by atoms with Crippen LogP contribution < -0.4 is 0 Å². The largest absolute Gasteiger partial charge is 0.432 e. The summed E-state index contributed by atoms with van der Waals surface area (Å²) in [5.74, 6) is -0.724. The molecule has 17 nitrogen and oxygen atoms in total. The predicted octanol–water partition coefficient (Wildman–Crippen LogP) is 1.12. The second kappa shape index (κ2) is 16.0. The fourth-order valence-electron chi connectivity index (χ4n) is 13.7. The Labute approximate surface area is 352 Å². The van der Waals surface area contributed by atoms with Crippen molar-refractivity contribution in [2.24, 2.45) is 50.2 Å². The minimum Gasteiger partial charge on any atom is -0.432 e. The van der Waals surface area contributed by atoms with Crippen molar-refractivity contribution < 1.29 is 81.7 Å². The molecule has 0 aromatic rings. The van der Waals surface area contributed by atoms with E-state index >= 15 is 0 Å². The van der Waals surface area contributed by atoms with Crippen molar-refractivity contribution in [3.05, 3.63) is 11.6 Å². The van der Waals surface area contributed by atoms with Crippen molar-refractivity contribution in [1.29, 1.82) is 0 Å². The fraction of sp³-hybridized carbons (Fsp3) is 0.929. The number of carbonyl (C=O) groups is 1. The topological polar surface area (TPSA) is 279 Å². The predicted molar refractivity (Wildman–Crippen MR) is 209 cm³/mol. The third-order valence-corrected chi connectivity index (χ3v) is 18.0. The van der Waals surface area contributed by atoms with E-state index in [0.717, 1.165) is 12.8 Å². The second-order valence-electron chi connectivity index (χ2n) is 21.0. The number of rotatable bonds is 9. The van der Waals surface area contributed by atoms with Crippen LogP contribution in [0.1, 0.15) is 106 Å². The molecule has 0 aromatic carbocycles. The zero-order chi connectivity index (χ0) is 44.2.